The second kappa shape index (κ2) is 9.56. The van der Waals surface area contributed by atoms with Crippen LogP contribution in [0.1, 0.15) is 5.69 Å². The van der Waals surface area contributed by atoms with Gasteiger partial charge in [0, 0.05) is 23.9 Å². The summed E-state index contributed by atoms with van der Waals surface area (Å²) in [5, 5.41) is 4.02. The van der Waals surface area contributed by atoms with Crippen molar-refractivity contribution in [3.63, 3.8) is 0 Å². The van der Waals surface area contributed by atoms with E-state index >= 15 is 0 Å². The van der Waals surface area contributed by atoms with E-state index < -0.39 is 0 Å². The van der Waals surface area contributed by atoms with Crippen LogP contribution in [0.4, 0.5) is 5.69 Å². The molecular weight excluding hydrogens is 477 g/mol. The molecule has 0 spiro atoms. The minimum absolute atomic E-state index is 0.0720. The molecule has 0 unspecified atom stereocenters. The van der Waals surface area contributed by atoms with Crippen LogP contribution in [0.5, 0.6) is 5.75 Å². The van der Waals surface area contributed by atoms with Crippen molar-refractivity contribution >= 4 is 58.3 Å². The molecule has 31 heavy (non-hydrogen) atoms. The number of hydrogen-bond donors (Lipinski definition) is 1. The molecule has 10 heteroatoms. The van der Waals surface area contributed by atoms with Gasteiger partial charge in [0.05, 0.1) is 39.2 Å². The van der Waals surface area contributed by atoms with E-state index in [1.54, 1.807) is 31.4 Å². The van der Waals surface area contributed by atoms with Crippen LogP contribution in [0.2, 0.25) is 10.0 Å². The Balaban J connectivity index is 1.61. The van der Waals surface area contributed by atoms with Gasteiger partial charge in [0.25, 0.3) is 5.56 Å². The number of nitrogens with one attached hydrogen (secondary N) is 1. The van der Waals surface area contributed by atoms with E-state index in [-0.39, 0.29) is 17.2 Å². The average Bonchev–Trinajstić information content (AvgIpc) is 3.24. The van der Waals surface area contributed by atoms with Crippen molar-refractivity contribution in [3.8, 4) is 11.4 Å². The fourth-order valence-corrected chi connectivity index (χ4v) is 5.22. The van der Waals surface area contributed by atoms with E-state index in [4.69, 9.17) is 32.9 Å². The number of ether oxygens (including phenoxy) is 1. The van der Waals surface area contributed by atoms with Crippen LogP contribution >= 0.6 is 46.7 Å². The second-order valence-electron chi connectivity index (χ2n) is 6.58. The molecule has 0 atom stereocenters. The number of carbonyl (C=O) groups is 1. The van der Waals surface area contributed by atoms with Gasteiger partial charge in [-0.15, -0.1) is 11.8 Å². The molecule has 0 saturated heterocycles. The Labute approximate surface area is 197 Å². The predicted octanol–water partition coefficient (Wildman–Crippen LogP) is 4.93. The normalized spacial score (nSPS) is 12.5. The van der Waals surface area contributed by atoms with Gasteiger partial charge < -0.3 is 10.1 Å². The van der Waals surface area contributed by atoms with Crippen LogP contribution < -0.4 is 15.6 Å². The Morgan fingerprint density at radius 2 is 2.10 bits per heavy atom. The van der Waals surface area contributed by atoms with Gasteiger partial charge in [-0.05, 0) is 30.3 Å². The number of rotatable bonds is 6. The number of methoxy groups -OCH3 is 1. The highest BCUT2D eigenvalue weighted by Gasteiger charge is 2.23. The minimum atomic E-state index is -0.246. The molecule has 3 aromatic rings. The Hall–Kier alpha value is -2.13. The van der Waals surface area contributed by atoms with Crippen LogP contribution in [0.15, 0.2) is 57.3 Å². The van der Waals surface area contributed by atoms with Gasteiger partial charge >= 0.3 is 0 Å². The number of thioether (sulfide) groups is 2. The zero-order chi connectivity index (χ0) is 22.0. The van der Waals surface area contributed by atoms with Crippen molar-refractivity contribution in [2.45, 2.75) is 16.5 Å². The maximum absolute atomic E-state index is 13.2. The van der Waals surface area contributed by atoms with E-state index in [1.165, 1.54) is 28.1 Å². The summed E-state index contributed by atoms with van der Waals surface area (Å²) in [6, 6.07) is 12.1. The number of amides is 1. The number of carbonyl (C=O) groups excluding carboxylic acids is 1. The van der Waals surface area contributed by atoms with Crippen molar-refractivity contribution in [1.82, 2.24) is 9.55 Å². The fraction of sp³-hybridized carbons (Fsp3) is 0.190. The summed E-state index contributed by atoms with van der Waals surface area (Å²) >= 11 is 14.6. The third kappa shape index (κ3) is 4.87. The highest BCUT2D eigenvalue weighted by atomic mass is 35.5. The molecule has 0 radical (unpaired) electrons. The lowest BCUT2D eigenvalue weighted by Gasteiger charge is -2.14. The van der Waals surface area contributed by atoms with Crippen molar-refractivity contribution < 1.29 is 9.53 Å². The summed E-state index contributed by atoms with van der Waals surface area (Å²) in [6.07, 6.45) is 0.733. The van der Waals surface area contributed by atoms with Crippen LogP contribution in [0.3, 0.4) is 0 Å². The zero-order valence-electron chi connectivity index (χ0n) is 16.4. The number of nitrogens with zero attached hydrogens (tertiary/aromatic N) is 2. The third-order valence-corrected chi connectivity index (χ3v) is 7.30. The van der Waals surface area contributed by atoms with Gasteiger partial charge in [0.2, 0.25) is 5.91 Å². The quantitative estimate of drug-likeness (QED) is 0.387. The first kappa shape index (κ1) is 22.1. The maximum Gasteiger partial charge on any atom is 0.272 e. The maximum atomic E-state index is 13.2. The first-order chi connectivity index (χ1) is 15.0. The SMILES string of the molecule is COc1cccc(-n2c(SCC(=O)Nc3ccc(Cl)c(Cl)c3)nc3c(c2=O)SCC3)c1. The Bertz CT molecular complexity index is 1220. The molecule has 1 aromatic heterocycles. The summed E-state index contributed by atoms with van der Waals surface area (Å²) < 4.78 is 6.84. The van der Waals surface area contributed by atoms with E-state index in [1.807, 2.05) is 18.2 Å². The molecule has 1 aliphatic rings. The molecule has 0 bridgehead atoms. The largest absolute Gasteiger partial charge is 0.497 e. The number of fused-ring (bicyclic) bond motifs is 1. The summed E-state index contributed by atoms with van der Waals surface area (Å²) in [5.74, 6) is 1.28. The van der Waals surface area contributed by atoms with Crippen LogP contribution in [-0.2, 0) is 11.2 Å². The van der Waals surface area contributed by atoms with Crippen molar-refractivity contribution in [3.05, 3.63) is 68.6 Å². The van der Waals surface area contributed by atoms with Crippen molar-refractivity contribution in [1.29, 1.82) is 0 Å². The van der Waals surface area contributed by atoms with Crippen molar-refractivity contribution in [2.75, 3.05) is 23.9 Å². The van der Waals surface area contributed by atoms with Crippen LogP contribution in [-0.4, -0.2) is 34.1 Å². The van der Waals surface area contributed by atoms with Gasteiger partial charge in [-0.25, -0.2) is 4.98 Å². The zero-order valence-corrected chi connectivity index (χ0v) is 19.5. The number of anilines is 1. The standard InChI is InChI=1S/C21H17Cl2N3O3S2/c1-29-14-4-2-3-13(10-14)26-20(28)19-17(7-8-30-19)25-21(26)31-11-18(27)24-12-5-6-15(22)16(23)9-12/h2-6,9-10H,7-8,11H2,1H3,(H,24,27). The van der Waals surface area contributed by atoms with Crippen LogP contribution in [0.25, 0.3) is 5.69 Å². The van der Waals surface area contributed by atoms with E-state index in [0.29, 0.717) is 37.2 Å². The number of benzene rings is 2. The monoisotopic (exact) mass is 493 g/mol. The summed E-state index contributed by atoms with van der Waals surface area (Å²) in [5.41, 5.74) is 1.83. The number of halogens is 2. The lowest BCUT2D eigenvalue weighted by Crippen LogP contribution is -2.24. The minimum Gasteiger partial charge on any atom is -0.497 e. The molecule has 1 amide bonds. The number of hydrogen-bond acceptors (Lipinski definition) is 6. The number of aromatic nitrogens is 2. The molecule has 2 aromatic carbocycles. The molecular formula is C21H17Cl2N3O3S2. The molecule has 160 valence electrons. The highest BCUT2D eigenvalue weighted by molar-refractivity contribution is 8.00. The van der Waals surface area contributed by atoms with E-state index in [9.17, 15) is 9.59 Å². The van der Waals surface area contributed by atoms with Gasteiger partial charge in [0.1, 0.15) is 5.75 Å². The van der Waals surface area contributed by atoms with E-state index in [0.717, 1.165) is 17.9 Å². The van der Waals surface area contributed by atoms with Gasteiger partial charge in [0.15, 0.2) is 5.16 Å². The summed E-state index contributed by atoms with van der Waals surface area (Å²) in [7, 11) is 1.57. The molecule has 0 aliphatic carbocycles. The fourth-order valence-electron chi connectivity index (χ4n) is 3.07. The Kier molecular flexibility index (Phi) is 6.81. The summed E-state index contributed by atoms with van der Waals surface area (Å²) in [6.45, 7) is 0. The Morgan fingerprint density at radius 1 is 1.26 bits per heavy atom. The molecule has 2 heterocycles. The molecule has 1 aliphatic heterocycles. The van der Waals surface area contributed by atoms with Gasteiger partial charge in [-0.3, -0.25) is 14.2 Å². The average molecular weight is 494 g/mol. The molecule has 4 rings (SSSR count). The first-order valence-electron chi connectivity index (χ1n) is 9.27. The second-order valence-corrected chi connectivity index (χ2v) is 9.44. The molecule has 1 N–H and O–H groups in total. The van der Waals surface area contributed by atoms with E-state index in [2.05, 4.69) is 5.32 Å². The van der Waals surface area contributed by atoms with Gasteiger partial charge in [-0.2, -0.15) is 0 Å². The van der Waals surface area contributed by atoms with Crippen LogP contribution in [0, 0.1) is 0 Å². The number of aryl methyl sites for hydroxylation is 1. The smallest absolute Gasteiger partial charge is 0.272 e. The Morgan fingerprint density at radius 3 is 2.87 bits per heavy atom. The first-order valence-corrected chi connectivity index (χ1v) is 12.0. The summed E-state index contributed by atoms with van der Waals surface area (Å²) in [4.78, 5) is 31.1. The lowest BCUT2D eigenvalue weighted by atomic mass is 10.3. The molecule has 6 nitrogen and oxygen atoms in total. The topological polar surface area (TPSA) is 73.2 Å². The predicted molar refractivity (Wildman–Crippen MR) is 127 cm³/mol. The third-order valence-electron chi connectivity index (χ3n) is 4.51. The highest BCUT2D eigenvalue weighted by Crippen LogP contribution is 2.31. The van der Waals surface area contributed by atoms with Crippen molar-refractivity contribution in [2.24, 2.45) is 0 Å². The molecule has 0 fully saturated rings. The lowest BCUT2D eigenvalue weighted by molar-refractivity contribution is -0.113. The molecule has 0 saturated carbocycles. The van der Waals surface area contributed by atoms with Gasteiger partial charge in [-0.1, -0.05) is 41.0 Å².